The highest BCUT2D eigenvalue weighted by atomic mass is 127. The lowest BCUT2D eigenvalue weighted by Gasteiger charge is -2.23. The van der Waals surface area contributed by atoms with Crippen LogP contribution in [-0.4, -0.2) is 50.1 Å². The van der Waals surface area contributed by atoms with Crippen LogP contribution in [0.5, 0.6) is 11.5 Å². The number of rotatable bonds is 10. The molecular weight excluding hydrogens is 519 g/mol. The van der Waals surface area contributed by atoms with Gasteiger partial charge in [-0.05, 0) is 43.5 Å². The second-order valence-corrected chi connectivity index (χ2v) is 7.62. The third kappa shape index (κ3) is 8.22. The molecule has 0 aromatic heterocycles. The van der Waals surface area contributed by atoms with Crippen LogP contribution in [-0.2, 0) is 17.9 Å². The summed E-state index contributed by atoms with van der Waals surface area (Å²) in [6.07, 6.45) is 2.14. The zero-order chi connectivity index (χ0) is 22.1. The van der Waals surface area contributed by atoms with Crippen molar-refractivity contribution in [1.82, 2.24) is 15.5 Å². The molecule has 0 atom stereocenters. The molecular formula is C24H33IN4O3. The van der Waals surface area contributed by atoms with Crippen LogP contribution in [0, 0.1) is 0 Å². The van der Waals surface area contributed by atoms with E-state index in [0.717, 1.165) is 42.2 Å². The molecule has 0 saturated heterocycles. The quantitative estimate of drug-likeness (QED) is 0.268. The second kappa shape index (κ2) is 13.1. The molecule has 1 aliphatic carbocycles. The third-order valence-electron chi connectivity index (χ3n) is 4.92. The SMILES string of the molecule is CCNC(=NCc1cccc(OCC(=O)NC2CC2)c1)N(C)Cc1ccccc1OC.I. The molecule has 1 amide bonds. The van der Waals surface area contributed by atoms with Gasteiger partial charge in [0.05, 0.1) is 13.7 Å². The fourth-order valence-corrected chi connectivity index (χ4v) is 3.18. The lowest BCUT2D eigenvalue weighted by Crippen LogP contribution is -2.38. The lowest BCUT2D eigenvalue weighted by molar-refractivity contribution is -0.123. The summed E-state index contributed by atoms with van der Waals surface area (Å²) in [6.45, 7) is 4.04. The van der Waals surface area contributed by atoms with E-state index in [1.165, 1.54) is 0 Å². The Morgan fingerprint density at radius 2 is 1.97 bits per heavy atom. The predicted molar refractivity (Wildman–Crippen MR) is 138 cm³/mol. The summed E-state index contributed by atoms with van der Waals surface area (Å²) in [5, 5.41) is 6.26. The van der Waals surface area contributed by atoms with Crippen molar-refractivity contribution in [2.24, 2.45) is 4.99 Å². The molecule has 0 bridgehead atoms. The summed E-state index contributed by atoms with van der Waals surface area (Å²) in [4.78, 5) is 18.7. The van der Waals surface area contributed by atoms with Gasteiger partial charge in [0, 0.05) is 31.7 Å². The van der Waals surface area contributed by atoms with Gasteiger partial charge >= 0.3 is 0 Å². The molecule has 0 radical (unpaired) electrons. The smallest absolute Gasteiger partial charge is 0.258 e. The minimum atomic E-state index is -0.0710. The molecule has 0 spiro atoms. The van der Waals surface area contributed by atoms with E-state index in [1.54, 1.807) is 7.11 Å². The topological polar surface area (TPSA) is 75.2 Å². The van der Waals surface area contributed by atoms with Crippen LogP contribution in [0.1, 0.15) is 30.9 Å². The largest absolute Gasteiger partial charge is 0.496 e. The van der Waals surface area contributed by atoms with Crippen LogP contribution in [0.25, 0.3) is 0 Å². The fraction of sp³-hybridized carbons (Fsp3) is 0.417. The number of carbonyl (C=O) groups excluding carboxylic acids is 1. The minimum absolute atomic E-state index is 0. The van der Waals surface area contributed by atoms with Crippen molar-refractivity contribution in [3.8, 4) is 11.5 Å². The maximum atomic E-state index is 11.8. The number of para-hydroxylation sites is 1. The summed E-state index contributed by atoms with van der Waals surface area (Å²) in [6, 6.07) is 16.0. The van der Waals surface area contributed by atoms with Gasteiger partial charge in [-0.15, -0.1) is 24.0 Å². The van der Waals surface area contributed by atoms with Crippen molar-refractivity contribution in [2.75, 3.05) is 27.3 Å². The van der Waals surface area contributed by atoms with E-state index in [4.69, 9.17) is 14.5 Å². The number of nitrogens with zero attached hydrogens (tertiary/aromatic N) is 2. The summed E-state index contributed by atoms with van der Waals surface area (Å²) < 4.78 is 11.1. The number of carbonyl (C=O) groups is 1. The number of hydrogen-bond donors (Lipinski definition) is 2. The van der Waals surface area contributed by atoms with Crippen molar-refractivity contribution in [2.45, 2.75) is 38.9 Å². The number of ether oxygens (including phenoxy) is 2. The van der Waals surface area contributed by atoms with Gasteiger partial charge in [-0.25, -0.2) is 4.99 Å². The van der Waals surface area contributed by atoms with Gasteiger partial charge < -0.3 is 25.0 Å². The zero-order valence-electron chi connectivity index (χ0n) is 19.0. The molecule has 0 unspecified atom stereocenters. The van der Waals surface area contributed by atoms with E-state index >= 15 is 0 Å². The Morgan fingerprint density at radius 1 is 1.19 bits per heavy atom. The Balaban J connectivity index is 0.00000363. The highest BCUT2D eigenvalue weighted by Crippen LogP contribution is 2.20. The van der Waals surface area contributed by atoms with Gasteiger partial charge in [-0.2, -0.15) is 0 Å². The summed E-state index contributed by atoms with van der Waals surface area (Å²) >= 11 is 0. The molecule has 2 aromatic carbocycles. The first-order valence-electron chi connectivity index (χ1n) is 10.7. The maximum Gasteiger partial charge on any atom is 0.258 e. The number of amides is 1. The molecule has 2 N–H and O–H groups in total. The Hall–Kier alpha value is -2.49. The molecule has 1 saturated carbocycles. The summed E-state index contributed by atoms with van der Waals surface area (Å²) in [5.41, 5.74) is 2.11. The van der Waals surface area contributed by atoms with Crippen LogP contribution in [0.2, 0.25) is 0 Å². The van der Waals surface area contributed by atoms with Crippen LogP contribution in [0.3, 0.4) is 0 Å². The highest BCUT2D eigenvalue weighted by Gasteiger charge is 2.23. The van der Waals surface area contributed by atoms with Crippen LogP contribution < -0.4 is 20.1 Å². The maximum absolute atomic E-state index is 11.8. The molecule has 0 heterocycles. The second-order valence-electron chi connectivity index (χ2n) is 7.62. The number of hydrogen-bond acceptors (Lipinski definition) is 4. The van der Waals surface area contributed by atoms with Gasteiger partial charge in [-0.3, -0.25) is 4.79 Å². The molecule has 174 valence electrons. The molecule has 3 rings (SSSR count). The molecule has 7 nitrogen and oxygen atoms in total. The fourth-order valence-electron chi connectivity index (χ4n) is 3.18. The monoisotopic (exact) mass is 552 g/mol. The standard InChI is InChI=1S/C24H32N4O3.HI/c1-4-25-24(28(2)16-19-9-5-6-11-22(19)30-3)26-15-18-8-7-10-21(14-18)31-17-23(29)27-20-12-13-20;/h5-11,14,20H,4,12-13,15-17H2,1-3H3,(H,25,26)(H,27,29);1H. The molecule has 32 heavy (non-hydrogen) atoms. The van der Waals surface area contributed by atoms with E-state index in [0.29, 0.717) is 24.9 Å². The third-order valence-corrected chi connectivity index (χ3v) is 4.92. The number of benzene rings is 2. The zero-order valence-corrected chi connectivity index (χ0v) is 21.3. The van der Waals surface area contributed by atoms with Crippen molar-refractivity contribution < 1.29 is 14.3 Å². The van der Waals surface area contributed by atoms with Gasteiger partial charge in [0.2, 0.25) is 0 Å². The van der Waals surface area contributed by atoms with Crippen LogP contribution in [0.4, 0.5) is 0 Å². The molecule has 2 aromatic rings. The number of guanidine groups is 1. The number of methoxy groups -OCH3 is 1. The van der Waals surface area contributed by atoms with Gasteiger partial charge in [-0.1, -0.05) is 30.3 Å². The van der Waals surface area contributed by atoms with Crippen molar-refractivity contribution in [1.29, 1.82) is 0 Å². The summed E-state index contributed by atoms with van der Waals surface area (Å²) in [7, 11) is 3.69. The van der Waals surface area contributed by atoms with Crippen molar-refractivity contribution in [3.05, 3.63) is 59.7 Å². The Labute approximate surface area is 207 Å². The average Bonchev–Trinajstić information content (AvgIpc) is 3.59. The molecule has 1 fully saturated rings. The number of halogens is 1. The van der Waals surface area contributed by atoms with Gasteiger partial charge in [0.25, 0.3) is 5.91 Å². The molecule has 8 heteroatoms. The molecule has 1 aliphatic rings. The van der Waals surface area contributed by atoms with Crippen LogP contribution >= 0.6 is 24.0 Å². The summed E-state index contributed by atoms with van der Waals surface area (Å²) in [5.74, 6) is 2.27. The first-order chi connectivity index (χ1) is 15.1. The Kier molecular flexibility index (Phi) is 10.6. The average molecular weight is 552 g/mol. The Morgan fingerprint density at radius 3 is 2.69 bits per heavy atom. The van der Waals surface area contributed by atoms with E-state index in [9.17, 15) is 4.79 Å². The first-order valence-corrected chi connectivity index (χ1v) is 10.7. The number of aliphatic imine (C=N–C) groups is 1. The van der Waals surface area contributed by atoms with Crippen molar-refractivity contribution in [3.63, 3.8) is 0 Å². The van der Waals surface area contributed by atoms with Gasteiger partial charge in [0.15, 0.2) is 12.6 Å². The van der Waals surface area contributed by atoms with E-state index in [-0.39, 0.29) is 36.5 Å². The van der Waals surface area contributed by atoms with E-state index < -0.39 is 0 Å². The van der Waals surface area contributed by atoms with E-state index in [1.807, 2.05) is 56.4 Å². The van der Waals surface area contributed by atoms with Crippen molar-refractivity contribution >= 4 is 35.8 Å². The van der Waals surface area contributed by atoms with Gasteiger partial charge in [0.1, 0.15) is 11.5 Å². The normalized spacial score (nSPS) is 13.0. The predicted octanol–water partition coefficient (Wildman–Crippen LogP) is 3.57. The minimum Gasteiger partial charge on any atom is -0.496 e. The Bertz CT molecular complexity index is 902. The first kappa shape index (κ1) is 25.8. The lowest BCUT2D eigenvalue weighted by atomic mass is 10.2. The van der Waals surface area contributed by atoms with Crippen LogP contribution in [0.15, 0.2) is 53.5 Å². The number of nitrogens with one attached hydrogen (secondary N) is 2. The van der Waals surface area contributed by atoms with E-state index in [2.05, 4.69) is 21.6 Å². The molecule has 0 aliphatic heterocycles. The highest BCUT2D eigenvalue weighted by molar-refractivity contribution is 14.0.